The zero-order valence-electron chi connectivity index (χ0n) is 16.2. The summed E-state index contributed by atoms with van der Waals surface area (Å²) in [7, 11) is 1.29. The number of carbonyl (C=O) groups excluding carboxylic acids is 2. The van der Waals surface area contributed by atoms with Crippen molar-refractivity contribution in [1.29, 1.82) is 0 Å². The van der Waals surface area contributed by atoms with Crippen molar-refractivity contribution < 1.29 is 23.8 Å². The predicted molar refractivity (Wildman–Crippen MR) is 101 cm³/mol. The van der Waals surface area contributed by atoms with Crippen LogP contribution < -0.4 is 4.74 Å². The van der Waals surface area contributed by atoms with Gasteiger partial charge in [-0.2, -0.15) is 0 Å². The van der Waals surface area contributed by atoms with E-state index in [0.717, 1.165) is 10.8 Å². The fourth-order valence-electron chi connectivity index (χ4n) is 3.29. The molecule has 1 heterocycles. The van der Waals surface area contributed by atoms with E-state index in [1.807, 2.05) is 36.4 Å². The van der Waals surface area contributed by atoms with Gasteiger partial charge in [0.15, 0.2) is 0 Å². The fraction of sp³-hybridized carbons (Fsp3) is 0.429. The molecule has 0 N–H and O–H groups in total. The van der Waals surface area contributed by atoms with Gasteiger partial charge in [-0.25, -0.2) is 9.59 Å². The summed E-state index contributed by atoms with van der Waals surface area (Å²) in [5.74, 6) is -0.117. The summed E-state index contributed by atoms with van der Waals surface area (Å²) in [5, 5.41) is 2.05. The molecule has 0 radical (unpaired) electrons. The molecule has 1 saturated heterocycles. The van der Waals surface area contributed by atoms with Crippen LogP contribution in [0.4, 0.5) is 4.79 Å². The highest BCUT2D eigenvalue weighted by Gasteiger charge is 2.54. The quantitative estimate of drug-likeness (QED) is 0.760. The van der Waals surface area contributed by atoms with Gasteiger partial charge in [0, 0.05) is 13.0 Å². The van der Waals surface area contributed by atoms with E-state index >= 15 is 0 Å². The maximum atomic E-state index is 12.7. The van der Waals surface area contributed by atoms with E-state index < -0.39 is 23.4 Å². The van der Waals surface area contributed by atoms with Crippen LogP contribution in [0, 0.1) is 0 Å². The summed E-state index contributed by atoms with van der Waals surface area (Å²) in [5.41, 5.74) is -2.20. The Kier molecular flexibility index (Phi) is 5.00. The molecule has 144 valence electrons. The molecular formula is C21H25NO5. The zero-order valence-corrected chi connectivity index (χ0v) is 16.2. The van der Waals surface area contributed by atoms with Crippen LogP contribution in [0.3, 0.4) is 0 Å². The Morgan fingerprint density at radius 2 is 1.78 bits per heavy atom. The van der Waals surface area contributed by atoms with E-state index in [1.165, 1.54) is 12.0 Å². The van der Waals surface area contributed by atoms with Gasteiger partial charge in [-0.1, -0.05) is 30.3 Å². The van der Waals surface area contributed by atoms with E-state index in [9.17, 15) is 9.59 Å². The van der Waals surface area contributed by atoms with Crippen LogP contribution in [0.5, 0.6) is 5.75 Å². The second-order valence-corrected chi connectivity index (χ2v) is 7.62. The summed E-state index contributed by atoms with van der Waals surface area (Å²) in [6, 6.07) is 13.4. The second-order valence-electron chi connectivity index (χ2n) is 7.62. The Morgan fingerprint density at radius 1 is 1.07 bits per heavy atom. The number of fused-ring (bicyclic) bond motifs is 1. The lowest BCUT2D eigenvalue weighted by atomic mass is 10.1. The fourth-order valence-corrected chi connectivity index (χ4v) is 3.29. The summed E-state index contributed by atoms with van der Waals surface area (Å²) in [6.45, 7) is 5.71. The number of rotatable bonds is 3. The largest absolute Gasteiger partial charge is 0.465 e. The molecule has 2 aromatic carbocycles. The first-order chi connectivity index (χ1) is 12.7. The Hall–Kier alpha value is -2.76. The smallest absolute Gasteiger partial charge is 0.413 e. The van der Waals surface area contributed by atoms with Crippen molar-refractivity contribution in [3.8, 4) is 5.75 Å². The van der Waals surface area contributed by atoms with E-state index in [2.05, 4.69) is 0 Å². The molecule has 6 heteroatoms. The van der Waals surface area contributed by atoms with Crippen molar-refractivity contribution in [2.75, 3.05) is 13.7 Å². The average Bonchev–Trinajstić information content (AvgIpc) is 3.04. The van der Waals surface area contributed by atoms with Crippen LogP contribution in [0.2, 0.25) is 0 Å². The minimum Gasteiger partial charge on any atom is -0.465 e. The van der Waals surface area contributed by atoms with Crippen molar-refractivity contribution in [1.82, 2.24) is 4.90 Å². The van der Waals surface area contributed by atoms with Crippen molar-refractivity contribution >= 4 is 22.8 Å². The Labute approximate surface area is 159 Å². The van der Waals surface area contributed by atoms with E-state index in [-0.39, 0.29) is 0 Å². The van der Waals surface area contributed by atoms with Gasteiger partial charge in [0.25, 0.3) is 5.72 Å². The molecule has 1 aliphatic heterocycles. The van der Waals surface area contributed by atoms with Crippen LogP contribution in [-0.4, -0.2) is 41.9 Å². The van der Waals surface area contributed by atoms with Crippen molar-refractivity contribution in [3.63, 3.8) is 0 Å². The average molecular weight is 371 g/mol. The third-order valence-corrected chi connectivity index (χ3v) is 4.46. The van der Waals surface area contributed by atoms with Crippen LogP contribution in [0.1, 0.15) is 33.6 Å². The number of hydrogen-bond acceptors (Lipinski definition) is 5. The summed E-state index contributed by atoms with van der Waals surface area (Å²) < 4.78 is 16.6. The lowest BCUT2D eigenvalue weighted by Crippen LogP contribution is -2.58. The van der Waals surface area contributed by atoms with Gasteiger partial charge in [0.05, 0.1) is 7.11 Å². The maximum Gasteiger partial charge on any atom is 0.413 e. The van der Waals surface area contributed by atoms with E-state index in [4.69, 9.17) is 14.2 Å². The highest BCUT2D eigenvalue weighted by Crippen LogP contribution is 2.35. The summed E-state index contributed by atoms with van der Waals surface area (Å²) in [4.78, 5) is 26.7. The first kappa shape index (κ1) is 19.0. The monoisotopic (exact) mass is 371 g/mol. The number of nitrogens with zero attached hydrogens (tertiary/aromatic N) is 1. The van der Waals surface area contributed by atoms with Gasteiger partial charge in [-0.15, -0.1) is 0 Å². The third-order valence-electron chi connectivity index (χ3n) is 4.46. The van der Waals surface area contributed by atoms with Crippen LogP contribution in [-0.2, 0) is 14.3 Å². The number of likely N-dealkylation sites (tertiary alicyclic amines) is 1. The molecule has 0 bridgehead atoms. The van der Waals surface area contributed by atoms with Gasteiger partial charge in [0.2, 0.25) is 0 Å². The molecule has 0 saturated carbocycles. The summed E-state index contributed by atoms with van der Waals surface area (Å²) in [6.07, 6.45) is 0.361. The van der Waals surface area contributed by atoms with E-state index in [0.29, 0.717) is 25.1 Å². The number of carbonyl (C=O) groups is 2. The lowest BCUT2D eigenvalue weighted by molar-refractivity contribution is -0.173. The van der Waals surface area contributed by atoms with Gasteiger partial charge in [-0.05, 0) is 50.1 Å². The molecule has 1 unspecified atom stereocenters. The molecule has 0 aromatic heterocycles. The van der Waals surface area contributed by atoms with Crippen molar-refractivity contribution in [3.05, 3.63) is 42.5 Å². The van der Waals surface area contributed by atoms with Crippen molar-refractivity contribution in [2.24, 2.45) is 0 Å². The number of ether oxygens (including phenoxy) is 3. The minimum atomic E-state index is -1.53. The Morgan fingerprint density at radius 3 is 2.44 bits per heavy atom. The standard InChI is InChI=1S/C21H25NO5/c1-20(2,3)27-19(24)22-13-7-12-21(22,18(23)25-4)26-17-11-10-15-8-5-6-9-16(15)14-17/h5-6,8-11,14H,7,12-13H2,1-4H3. The molecule has 3 rings (SSSR count). The second kappa shape index (κ2) is 7.10. The van der Waals surface area contributed by atoms with Gasteiger partial charge < -0.3 is 14.2 Å². The van der Waals surface area contributed by atoms with Gasteiger partial charge >= 0.3 is 12.1 Å². The first-order valence-corrected chi connectivity index (χ1v) is 9.02. The van der Waals surface area contributed by atoms with Gasteiger partial charge in [-0.3, -0.25) is 4.90 Å². The zero-order chi connectivity index (χ0) is 19.7. The SMILES string of the molecule is COC(=O)C1(Oc2ccc3ccccc3c2)CCCN1C(=O)OC(C)(C)C. The van der Waals surface area contributed by atoms with Crippen LogP contribution >= 0.6 is 0 Å². The number of hydrogen-bond donors (Lipinski definition) is 0. The van der Waals surface area contributed by atoms with Gasteiger partial charge in [0.1, 0.15) is 11.4 Å². The predicted octanol–water partition coefficient (Wildman–Crippen LogP) is 4.12. The molecule has 6 nitrogen and oxygen atoms in total. The molecule has 1 fully saturated rings. The molecule has 2 aromatic rings. The first-order valence-electron chi connectivity index (χ1n) is 9.02. The maximum absolute atomic E-state index is 12.7. The van der Waals surface area contributed by atoms with Crippen LogP contribution in [0.15, 0.2) is 42.5 Å². The number of benzene rings is 2. The molecule has 27 heavy (non-hydrogen) atoms. The normalized spacial score (nSPS) is 19.8. The molecule has 1 aliphatic rings. The third kappa shape index (κ3) is 3.84. The Balaban J connectivity index is 1.96. The highest BCUT2D eigenvalue weighted by atomic mass is 16.6. The van der Waals surface area contributed by atoms with Crippen LogP contribution in [0.25, 0.3) is 10.8 Å². The highest BCUT2D eigenvalue weighted by molar-refractivity contribution is 5.86. The minimum absolute atomic E-state index is 0.339. The molecular weight excluding hydrogens is 346 g/mol. The summed E-state index contributed by atoms with van der Waals surface area (Å²) >= 11 is 0. The number of esters is 1. The molecule has 1 atom stereocenters. The number of methoxy groups -OCH3 is 1. The van der Waals surface area contributed by atoms with E-state index in [1.54, 1.807) is 26.8 Å². The lowest BCUT2D eigenvalue weighted by Gasteiger charge is -2.36. The van der Waals surface area contributed by atoms with Crippen molar-refractivity contribution in [2.45, 2.75) is 44.9 Å². The topological polar surface area (TPSA) is 65.1 Å². The molecule has 1 amide bonds. The molecule has 0 aliphatic carbocycles. The molecule has 0 spiro atoms. The Bertz CT molecular complexity index is 857. The number of amides is 1.